The van der Waals surface area contributed by atoms with E-state index in [9.17, 15) is 19.2 Å². The van der Waals surface area contributed by atoms with Crippen molar-refractivity contribution in [3.8, 4) is 0 Å². The highest BCUT2D eigenvalue weighted by atomic mass is 35.5. The standard InChI is InChI=1S/C31H30ClN5O6.C10H14N2/c1-16-17-12-13-22(19(17)11-10-18(16)29(40)43-31(2,3)4)35-28(39)25-14-24(30(41)42-5)34-26-20(15-33-37(25)26)27(38)36-23-9-7-6-8-21(23)32;11-7-10-9-4-2-1-3-8(9)5-6-12-10/h6-11,14-15,22H,12-13H2,1-5H3,(H,35,39)(H,36,38);1-4,10,12H,5-7,11H2/t22-;/m0./s1. The van der Waals surface area contributed by atoms with Crippen molar-refractivity contribution in [3.05, 3.63) is 128 Å². The van der Waals surface area contributed by atoms with Gasteiger partial charge in [0.15, 0.2) is 11.3 Å². The number of anilines is 1. The Morgan fingerprint density at radius 3 is 2.44 bits per heavy atom. The number of esters is 2. The largest absolute Gasteiger partial charge is 0.464 e. The van der Waals surface area contributed by atoms with Gasteiger partial charge in [-0.25, -0.2) is 19.1 Å². The van der Waals surface area contributed by atoms with Crippen molar-refractivity contribution in [2.45, 2.75) is 64.6 Å². The van der Waals surface area contributed by atoms with Crippen LogP contribution in [-0.4, -0.2) is 64.2 Å². The molecule has 0 bridgehead atoms. The maximum Gasteiger partial charge on any atom is 0.356 e. The first kappa shape index (κ1) is 39.1. The molecule has 0 radical (unpaired) electrons. The predicted molar refractivity (Wildman–Crippen MR) is 209 cm³/mol. The van der Waals surface area contributed by atoms with Gasteiger partial charge in [0.2, 0.25) is 0 Å². The molecule has 7 rings (SSSR count). The highest BCUT2D eigenvalue weighted by Crippen LogP contribution is 2.35. The van der Waals surface area contributed by atoms with E-state index in [-0.39, 0.29) is 28.6 Å². The quantitative estimate of drug-likeness (QED) is 0.145. The molecule has 1 unspecified atom stereocenters. The number of aromatic nitrogens is 3. The lowest BCUT2D eigenvalue weighted by Gasteiger charge is -2.25. The molecule has 1 aliphatic heterocycles. The monoisotopic (exact) mass is 765 g/mol. The molecular formula is C41H44ClN7O6. The lowest BCUT2D eigenvalue weighted by atomic mass is 9.95. The summed E-state index contributed by atoms with van der Waals surface area (Å²) < 4.78 is 11.6. The Balaban J connectivity index is 0.000000362. The second kappa shape index (κ2) is 16.4. The van der Waals surface area contributed by atoms with E-state index in [1.807, 2.05) is 33.8 Å². The number of benzene rings is 3. The van der Waals surface area contributed by atoms with Crippen LogP contribution in [0.2, 0.25) is 5.02 Å². The summed E-state index contributed by atoms with van der Waals surface area (Å²) in [5.41, 5.74) is 11.2. The van der Waals surface area contributed by atoms with Crippen molar-refractivity contribution in [2.24, 2.45) is 5.73 Å². The Hall–Kier alpha value is -5.63. The summed E-state index contributed by atoms with van der Waals surface area (Å²) in [6.07, 6.45) is 3.64. The Morgan fingerprint density at radius 2 is 1.71 bits per heavy atom. The first-order valence-corrected chi connectivity index (χ1v) is 18.4. The van der Waals surface area contributed by atoms with Crippen molar-refractivity contribution in [2.75, 3.05) is 25.5 Å². The Morgan fingerprint density at radius 1 is 0.964 bits per heavy atom. The minimum atomic E-state index is -0.785. The molecule has 14 heteroatoms. The number of methoxy groups -OCH3 is 1. The number of nitrogens with two attached hydrogens (primary N) is 1. The second-order valence-corrected chi connectivity index (χ2v) is 14.7. The van der Waals surface area contributed by atoms with Crippen LogP contribution in [0.4, 0.5) is 5.69 Å². The van der Waals surface area contributed by atoms with Gasteiger partial charge in [-0.05, 0) is 99.5 Å². The van der Waals surface area contributed by atoms with Crippen LogP contribution >= 0.6 is 11.6 Å². The molecule has 5 N–H and O–H groups in total. The molecule has 2 aliphatic rings. The Bertz CT molecular complexity index is 2280. The molecule has 0 saturated carbocycles. The molecule has 2 aromatic heterocycles. The minimum absolute atomic E-state index is 0.0118. The molecule has 2 amide bonds. The summed E-state index contributed by atoms with van der Waals surface area (Å²) in [6.45, 7) is 9.06. The fraction of sp³-hybridized carbons (Fsp3) is 0.317. The average Bonchev–Trinajstić information content (AvgIpc) is 3.79. The lowest BCUT2D eigenvalue weighted by molar-refractivity contribution is 0.00681. The fourth-order valence-corrected chi connectivity index (χ4v) is 7.05. The summed E-state index contributed by atoms with van der Waals surface area (Å²) in [5.74, 6) is -2.30. The normalized spacial score (nSPS) is 15.9. The average molecular weight is 766 g/mol. The van der Waals surface area contributed by atoms with Gasteiger partial charge in [0.1, 0.15) is 16.9 Å². The number of nitrogens with one attached hydrogen (secondary N) is 3. The van der Waals surface area contributed by atoms with Crippen LogP contribution in [0, 0.1) is 6.92 Å². The van der Waals surface area contributed by atoms with Crippen molar-refractivity contribution in [3.63, 3.8) is 0 Å². The highest BCUT2D eigenvalue weighted by Gasteiger charge is 2.31. The molecular weight excluding hydrogens is 722 g/mol. The van der Waals surface area contributed by atoms with Gasteiger partial charge < -0.3 is 31.2 Å². The number of para-hydroxylation sites is 1. The number of hydrogen-bond acceptors (Lipinski definition) is 10. The van der Waals surface area contributed by atoms with Gasteiger partial charge in [0.25, 0.3) is 11.8 Å². The smallest absolute Gasteiger partial charge is 0.356 e. The topological polar surface area (TPSA) is 179 Å². The summed E-state index contributed by atoms with van der Waals surface area (Å²) in [5, 5.41) is 13.7. The first-order chi connectivity index (χ1) is 26.3. The van der Waals surface area contributed by atoms with Crippen LogP contribution in [-0.2, 0) is 22.3 Å². The minimum Gasteiger partial charge on any atom is -0.464 e. The molecule has 2 atom stereocenters. The molecule has 3 heterocycles. The SMILES string of the molecule is COC(=O)c1cc(C(=O)N[C@H]2CCc3c2ccc(C(=O)OC(C)(C)C)c3C)n2ncc(C(=O)Nc3ccccc3Cl)c2n1.NCC1NCCc2ccccc21. The van der Waals surface area contributed by atoms with Gasteiger partial charge in [-0.3, -0.25) is 9.59 Å². The van der Waals surface area contributed by atoms with Gasteiger partial charge in [0, 0.05) is 18.7 Å². The third-order valence-corrected chi connectivity index (χ3v) is 9.86. The molecule has 0 fully saturated rings. The lowest BCUT2D eigenvalue weighted by Crippen LogP contribution is -2.34. The molecule has 13 nitrogen and oxygen atoms in total. The van der Waals surface area contributed by atoms with Crippen LogP contribution in [0.5, 0.6) is 0 Å². The second-order valence-electron chi connectivity index (χ2n) is 14.3. The van der Waals surface area contributed by atoms with Crippen LogP contribution in [0.3, 0.4) is 0 Å². The molecule has 1 aliphatic carbocycles. The van der Waals surface area contributed by atoms with Crippen molar-refractivity contribution < 1.29 is 28.7 Å². The predicted octanol–water partition coefficient (Wildman–Crippen LogP) is 5.93. The zero-order chi connectivity index (χ0) is 39.4. The first-order valence-electron chi connectivity index (χ1n) is 18.0. The van der Waals surface area contributed by atoms with Crippen LogP contribution in [0.1, 0.15) is 109 Å². The number of hydrogen-bond donors (Lipinski definition) is 4. The highest BCUT2D eigenvalue weighted by molar-refractivity contribution is 6.34. The number of amides is 2. The van der Waals surface area contributed by atoms with E-state index in [0.717, 1.165) is 29.7 Å². The van der Waals surface area contributed by atoms with E-state index in [2.05, 4.69) is 50.3 Å². The van der Waals surface area contributed by atoms with E-state index < -0.39 is 29.4 Å². The van der Waals surface area contributed by atoms with Crippen LogP contribution < -0.4 is 21.7 Å². The van der Waals surface area contributed by atoms with Crippen LogP contribution in [0.25, 0.3) is 5.65 Å². The van der Waals surface area contributed by atoms with E-state index in [0.29, 0.717) is 41.7 Å². The van der Waals surface area contributed by atoms with Gasteiger partial charge >= 0.3 is 11.9 Å². The molecule has 55 heavy (non-hydrogen) atoms. The summed E-state index contributed by atoms with van der Waals surface area (Å²) in [4.78, 5) is 56.3. The van der Waals surface area contributed by atoms with Gasteiger partial charge in [-0.15, -0.1) is 0 Å². The molecule has 286 valence electrons. The number of fused-ring (bicyclic) bond motifs is 3. The van der Waals surface area contributed by atoms with E-state index >= 15 is 0 Å². The van der Waals surface area contributed by atoms with Gasteiger partial charge in [-0.1, -0.05) is 54.1 Å². The number of halogens is 1. The van der Waals surface area contributed by atoms with Crippen LogP contribution in [0.15, 0.2) is 72.9 Å². The van der Waals surface area contributed by atoms with Crippen molar-refractivity contribution >= 4 is 46.7 Å². The number of carbonyl (C=O) groups excluding carboxylic acids is 4. The molecule has 0 saturated heterocycles. The van der Waals surface area contributed by atoms with Gasteiger partial charge in [-0.2, -0.15) is 5.10 Å². The summed E-state index contributed by atoms with van der Waals surface area (Å²) in [6, 6.07) is 20.1. The number of rotatable bonds is 7. The van der Waals surface area contributed by atoms with Gasteiger partial charge in [0.05, 0.1) is 35.6 Å². The fourth-order valence-electron chi connectivity index (χ4n) is 6.87. The van der Waals surface area contributed by atoms with E-state index in [4.69, 9.17) is 26.8 Å². The number of carbonyl (C=O) groups is 4. The third-order valence-electron chi connectivity index (χ3n) is 9.53. The third kappa shape index (κ3) is 8.54. The Kier molecular flexibility index (Phi) is 11.6. The number of nitrogens with zero attached hydrogens (tertiary/aromatic N) is 3. The van der Waals surface area contributed by atoms with E-state index in [1.165, 1.54) is 35.0 Å². The Labute approximate surface area is 323 Å². The van der Waals surface area contributed by atoms with E-state index in [1.54, 1.807) is 30.3 Å². The molecule has 3 aromatic carbocycles. The maximum atomic E-state index is 13.7. The summed E-state index contributed by atoms with van der Waals surface area (Å²) in [7, 11) is 1.19. The molecule has 0 spiro atoms. The zero-order valence-corrected chi connectivity index (χ0v) is 32.1. The molecule has 5 aromatic rings. The number of ether oxygens (including phenoxy) is 2. The van der Waals surface area contributed by atoms with Crippen molar-refractivity contribution in [1.82, 2.24) is 25.2 Å². The zero-order valence-electron chi connectivity index (χ0n) is 31.4. The maximum absolute atomic E-state index is 13.7. The van der Waals surface area contributed by atoms with Crippen molar-refractivity contribution in [1.29, 1.82) is 0 Å². The summed E-state index contributed by atoms with van der Waals surface area (Å²) >= 11 is 6.19.